The summed E-state index contributed by atoms with van der Waals surface area (Å²) in [5.74, 6) is 0.735. The zero-order valence-corrected chi connectivity index (χ0v) is 14.6. The number of nitrogens with zero attached hydrogens (tertiary/aromatic N) is 4. The van der Waals surface area contributed by atoms with Crippen LogP contribution in [0.5, 0.6) is 0 Å². The molecule has 0 aliphatic carbocycles. The molecule has 0 aliphatic rings. The second-order valence-corrected chi connectivity index (χ2v) is 6.28. The van der Waals surface area contributed by atoms with E-state index in [1.165, 1.54) is 11.8 Å². The summed E-state index contributed by atoms with van der Waals surface area (Å²) in [7, 11) is 0. The van der Waals surface area contributed by atoms with E-state index in [9.17, 15) is 4.79 Å². The number of hydrogen-bond donors (Lipinski definition) is 0. The van der Waals surface area contributed by atoms with Gasteiger partial charge in [0.15, 0.2) is 5.78 Å². The minimum Gasteiger partial charge on any atom is -0.411 e. The normalized spacial score (nSPS) is 11.0. The molecule has 0 amide bonds. The van der Waals surface area contributed by atoms with Crippen molar-refractivity contribution in [3.8, 4) is 11.5 Å². The molecule has 0 spiro atoms. The fourth-order valence-electron chi connectivity index (χ4n) is 2.65. The summed E-state index contributed by atoms with van der Waals surface area (Å²) in [6, 6.07) is 5.59. The molecule has 3 heterocycles. The van der Waals surface area contributed by atoms with Gasteiger partial charge in [-0.05, 0) is 39.0 Å². The van der Waals surface area contributed by atoms with Gasteiger partial charge in [-0.25, -0.2) is 0 Å². The van der Waals surface area contributed by atoms with Gasteiger partial charge in [0.2, 0.25) is 5.89 Å². The van der Waals surface area contributed by atoms with Gasteiger partial charge >= 0.3 is 0 Å². The highest BCUT2D eigenvalue weighted by Gasteiger charge is 2.17. The molecule has 0 saturated carbocycles. The van der Waals surface area contributed by atoms with Crippen molar-refractivity contribution in [2.45, 2.75) is 32.5 Å². The molecule has 0 unspecified atom stereocenters. The highest BCUT2D eigenvalue weighted by Crippen LogP contribution is 2.24. The molecular formula is C17H18N4O2S. The van der Waals surface area contributed by atoms with Crippen molar-refractivity contribution >= 4 is 17.5 Å². The average Bonchev–Trinajstić information content (AvgIpc) is 3.18. The maximum Gasteiger partial charge on any atom is 0.277 e. The molecule has 0 radical (unpaired) electrons. The van der Waals surface area contributed by atoms with E-state index in [1.54, 1.807) is 18.5 Å². The largest absolute Gasteiger partial charge is 0.411 e. The molecule has 0 aromatic carbocycles. The Kier molecular flexibility index (Phi) is 4.80. The molecule has 0 fully saturated rings. The van der Waals surface area contributed by atoms with Gasteiger partial charge < -0.3 is 8.98 Å². The zero-order chi connectivity index (χ0) is 17.1. The lowest BCUT2D eigenvalue weighted by atomic mass is 10.2. The number of aromatic nitrogens is 4. The lowest BCUT2D eigenvalue weighted by molar-refractivity contribution is 0.102. The fraction of sp³-hybridized carbons (Fsp3) is 0.294. The monoisotopic (exact) mass is 342 g/mol. The second-order valence-electron chi connectivity index (χ2n) is 5.36. The Morgan fingerprint density at radius 2 is 2.17 bits per heavy atom. The Labute approximate surface area is 144 Å². The van der Waals surface area contributed by atoms with Gasteiger partial charge in [0.1, 0.15) is 0 Å². The van der Waals surface area contributed by atoms with Gasteiger partial charge in [-0.1, -0.05) is 11.8 Å². The molecule has 3 rings (SSSR count). The van der Waals surface area contributed by atoms with Gasteiger partial charge in [-0.15, -0.1) is 10.2 Å². The van der Waals surface area contributed by atoms with Crippen LogP contribution in [-0.4, -0.2) is 31.3 Å². The molecule has 0 N–H and O–H groups in total. The van der Waals surface area contributed by atoms with E-state index in [2.05, 4.69) is 26.7 Å². The third kappa shape index (κ3) is 3.26. The van der Waals surface area contributed by atoms with E-state index >= 15 is 0 Å². The van der Waals surface area contributed by atoms with E-state index in [0.717, 1.165) is 29.1 Å². The zero-order valence-electron chi connectivity index (χ0n) is 13.8. The first-order valence-corrected chi connectivity index (χ1v) is 8.65. The standard InChI is InChI=1S/C17H18N4O2S/c1-4-21-11(2)8-14(12(21)3)15(22)10-24-17-20-19-16(23-17)13-6-5-7-18-9-13/h5-9H,4,10H2,1-3H3. The first kappa shape index (κ1) is 16.4. The second kappa shape index (κ2) is 7.00. The van der Waals surface area contributed by atoms with Crippen molar-refractivity contribution in [2.24, 2.45) is 0 Å². The Morgan fingerprint density at radius 3 is 2.83 bits per heavy atom. The van der Waals surface area contributed by atoms with Gasteiger partial charge in [-0.3, -0.25) is 9.78 Å². The SMILES string of the molecule is CCn1c(C)cc(C(=O)CSc2nnc(-c3cccnc3)o2)c1C. The van der Waals surface area contributed by atoms with Gasteiger partial charge in [0.25, 0.3) is 5.22 Å². The minimum atomic E-state index is 0.0638. The summed E-state index contributed by atoms with van der Waals surface area (Å²) in [4.78, 5) is 16.5. The fourth-order valence-corrected chi connectivity index (χ4v) is 3.30. The number of thioether (sulfide) groups is 1. The Bertz CT molecular complexity index is 855. The lowest BCUT2D eigenvalue weighted by Crippen LogP contribution is -2.05. The highest BCUT2D eigenvalue weighted by atomic mass is 32.2. The smallest absolute Gasteiger partial charge is 0.277 e. The van der Waals surface area contributed by atoms with Crippen LogP contribution in [-0.2, 0) is 6.54 Å². The lowest BCUT2D eigenvalue weighted by Gasteiger charge is -2.05. The maximum atomic E-state index is 12.5. The van der Waals surface area contributed by atoms with E-state index < -0.39 is 0 Å². The molecule has 3 aromatic heterocycles. The average molecular weight is 342 g/mol. The summed E-state index contributed by atoms with van der Waals surface area (Å²) >= 11 is 1.25. The summed E-state index contributed by atoms with van der Waals surface area (Å²) in [6.45, 7) is 6.91. The van der Waals surface area contributed by atoms with Crippen LogP contribution in [0.3, 0.4) is 0 Å². The first-order valence-electron chi connectivity index (χ1n) is 7.66. The topological polar surface area (TPSA) is 73.8 Å². The van der Waals surface area contributed by atoms with Crippen LogP contribution in [0.4, 0.5) is 0 Å². The van der Waals surface area contributed by atoms with Crippen LogP contribution < -0.4 is 0 Å². The number of rotatable bonds is 6. The number of pyridine rings is 1. The molecule has 24 heavy (non-hydrogen) atoms. The van der Waals surface area contributed by atoms with Crippen LogP contribution in [0, 0.1) is 13.8 Å². The Balaban J connectivity index is 1.68. The number of aryl methyl sites for hydroxylation is 1. The van der Waals surface area contributed by atoms with Crippen LogP contribution in [0.2, 0.25) is 0 Å². The molecule has 3 aromatic rings. The van der Waals surface area contributed by atoms with Crippen molar-refractivity contribution in [1.29, 1.82) is 0 Å². The Morgan fingerprint density at radius 1 is 1.33 bits per heavy atom. The van der Waals surface area contributed by atoms with E-state index in [-0.39, 0.29) is 11.5 Å². The predicted molar refractivity (Wildman–Crippen MR) is 92.2 cm³/mol. The van der Waals surface area contributed by atoms with Crippen molar-refractivity contribution in [3.05, 3.63) is 47.5 Å². The van der Waals surface area contributed by atoms with E-state index in [4.69, 9.17) is 4.42 Å². The predicted octanol–water partition coefficient (Wildman–Crippen LogP) is 3.54. The van der Waals surface area contributed by atoms with Crippen molar-refractivity contribution < 1.29 is 9.21 Å². The van der Waals surface area contributed by atoms with Gasteiger partial charge in [0, 0.05) is 35.9 Å². The summed E-state index contributed by atoms with van der Waals surface area (Å²) in [5.41, 5.74) is 3.62. The molecule has 0 saturated heterocycles. The van der Waals surface area contributed by atoms with Crippen LogP contribution in [0.25, 0.3) is 11.5 Å². The third-order valence-electron chi connectivity index (χ3n) is 3.83. The summed E-state index contributed by atoms with van der Waals surface area (Å²) in [6.07, 6.45) is 3.34. The number of ketones is 1. The van der Waals surface area contributed by atoms with Gasteiger partial charge in [0.05, 0.1) is 11.3 Å². The Hall–Kier alpha value is -2.41. The molecule has 0 bridgehead atoms. The molecule has 0 aliphatic heterocycles. The summed E-state index contributed by atoms with van der Waals surface area (Å²) < 4.78 is 7.71. The van der Waals surface area contributed by atoms with E-state index in [1.807, 2.05) is 26.0 Å². The van der Waals surface area contributed by atoms with E-state index in [0.29, 0.717) is 11.1 Å². The van der Waals surface area contributed by atoms with Crippen molar-refractivity contribution in [1.82, 2.24) is 19.7 Å². The number of carbonyl (C=O) groups excluding carboxylic acids is 1. The molecule has 7 heteroatoms. The summed E-state index contributed by atoms with van der Waals surface area (Å²) in [5, 5.41) is 8.35. The maximum absolute atomic E-state index is 12.5. The third-order valence-corrected chi connectivity index (χ3v) is 4.65. The number of carbonyl (C=O) groups is 1. The van der Waals surface area contributed by atoms with Crippen molar-refractivity contribution in [3.63, 3.8) is 0 Å². The van der Waals surface area contributed by atoms with Crippen LogP contribution in [0.15, 0.2) is 40.2 Å². The molecule has 0 atom stereocenters. The van der Waals surface area contributed by atoms with Crippen LogP contribution >= 0.6 is 11.8 Å². The van der Waals surface area contributed by atoms with Gasteiger partial charge in [-0.2, -0.15) is 0 Å². The first-order chi connectivity index (χ1) is 11.6. The number of hydrogen-bond acceptors (Lipinski definition) is 6. The molecule has 6 nitrogen and oxygen atoms in total. The van der Waals surface area contributed by atoms with Crippen LogP contribution in [0.1, 0.15) is 28.7 Å². The quantitative estimate of drug-likeness (QED) is 0.504. The molecular weight excluding hydrogens is 324 g/mol. The number of Topliss-reactive ketones (excluding diaryl/α,β-unsaturated/α-hetero) is 1. The minimum absolute atomic E-state index is 0.0638. The molecule has 124 valence electrons. The highest BCUT2D eigenvalue weighted by molar-refractivity contribution is 7.99. The van der Waals surface area contributed by atoms with Crippen molar-refractivity contribution in [2.75, 3.05) is 5.75 Å².